The summed E-state index contributed by atoms with van der Waals surface area (Å²) >= 11 is 0. The molecule has 0 rings (SSSR count). The number of hydrogen-bond acceptors (Lipinski definition) is 6. The molecule has 0 aliphatic carbocycles. The van der Waals surface area contributed by atoms with Gasteiger partial charge in [0.05, 0.1) is 26.2 Å². The van der Waals surface area contributed by atoms with Crippen LogP contribution in [0.5, 0.6) is 0 Å². The summed E-state index contributed by atoms with van der Waals surface area (Å²) in [7, 11) is 0. The fourth-order valence-electron chi connectivity index (χ4n) is 1.48. The fraction of sp³-hybridized carbons (Fsp3) is 0.700. The Hall–Kier alpha value is -0.0866. The number of rotatable bonds is 11. The van der Waals surface area contributed by atoms with Crippen molar-refractivity contribution in [3.05, 3.63) is 0 Å². The van der Waals surface area contributed by atoms with Gasteiger partial charge in [0.1, 0.15) is 0 Å². The Morgan fingerprint density at radius 1 is 0.762 bits per heavy atom. The second-order valence-electron chi connectivity index (χ2n) is 3.89. The Morgan fingerprint density at radius 3 is 1.43 bits per heavy atom. The predicted molar refractivity (Wildman–Crippen MR) is 64.0 cm³/mol. The van der Waals surface area contributed by atoms with Crippen LogP contribution in [0.15, 0.2) is 0 Å². The average molecular weight is 368 g/mol. The molecule has 0 fully saturated rings. The van der Waals surface area contributed by atoms with E-state index in [9.17, 15) is 14.4 Å². The molecule has 0 unspecified atom stereocenters. The van der Waals surface area contributed by atoms with E-state index >= 15 is 0 Å². The second kappa shape index (κ2) is 14.8. The largest absolute Gasteiger partial charge is 1.00 e. The Balaban J connectivity index is -0.000000540. The number of carboxylic acids is 3. The fourth-order valence-corrected chi connectivity index (χ4v) is 1.48. The first-order valence-electron chi connectivity index (χ1n) is 5.56. The summed E-state index contributed by atoms with van der Waals surface area (Å²) in [6.07, 6.45) is 0. The summed E-state index contributed by atoms with van der Waals surface area (Å²) in [4.78, 5) is 34.3. The molecule has 0 saturated carbocycles. The molecule has 4 N–H and O–H groups in total. The van der Waals surface area contributed by atoms with Gasteiger partial charge in [0.2, 0.25) is 0 Å². The monoisotopic (exact) mass is 366 g/mol. The maximum absolute atomic E-state index is 10.6. The first-order chi connectivity index (χ1) is 8.85. The number of nitrogens with zero attached hydrogens (tertiary/aromatic N) is 2. The van der Waals surface area contributed by atoms with E-state index in [1.54, 1.807) is 0 Å². The van der Waals surface area contributed by atoms with Crippen molar-refractivity contribution in [2.24, 2.45) is 0 Å². The molecule has 0 aromatic carbocycles. The topological polar surface area (TPSA) is 139 Å². The van der Waals surface area contributed by atoms with Gasteiger partial charge in [-0.05, 0) is 0 Å². The van der Waals surface area contributed by atoms with Crippen LogP contribution in [-0.4, -0.2) is 94.0 Å². The summed E-state index contributed by atoms with van der Waals surface area (Å²) in [6, 6.07) is 0. The molecule has 0 aromatic rings. The zero-order valence-corrected chi connectivity index (χ0v) is 17.0. The Kier molecular flexibility index (Phi) is 18.3. The van der Waals surface area contributed by atoms with E-state index in [0.717, 1.165) is 0 Å². The van der Waals surface area contributed by atoms with Gasteiger partial charge in [-0.15, -0.1) is 0 Å². The summed E-state index contributed by atoms with van der Waals surface area (Å²) in [5.41, 5.74) is 0. The van der Waals surface area contributed by atoms with Crippen LogP contribution in [0.25, 0.3) is 0 Å². The third kappa shape index (κ3) is 16.1. The van der Waals surface area contributed by atoms with Gasteiger partial charge in [0, 0.05) is 39.1 Å². The van der Waals surface area contributed by atoms with Crippen LogP contribution in [0.4, 0.5) is 0 Å². The van der Waals surface area contributed by atoms with Gasteiger partial charge in [0.25, 0.3) is 0 Å². The van der Waals surface area contributed by atoms with E-state index in [0.29, 0.717) is 0 Å². The van der Waals surface area contributed by atoms with Crippen LogP contribution in [0.1, 0.15) is 1.43 Å². The minimum Gasteiger partial charge on any atom is -1.00 e. The second-order valence-corrected chi connectivity index (χ2v) is 3.89. The van der Waals surface area contributed by atoms with Gasteiger partial charge >= 0.3 is 47.5 Å². The van der Waals surface area contributed by atoms with Gasteiger partial charge < -0.3 is 21.9 Å². The minimum atomic E-state index is -1.16. The number of aliphatic hydroxyl groups is 1. The van der Waals surface area contributed by atoms with E-state index in [2.05, 4.69) is 0 Å². The van der Waals surface area contributed by atoms with E-state index < -0.39 is 31.0 Å². The van der Waals surface area contributed by atoms with Crippen molar-refractivity contribution in [2.75, 3.05) is 45.9 Å². The van der Waals surface area contributed by atoms with Crippen LogP contribution in [0.3, 0.4) is 0 Å². The minimum absolute atomic E-state index is 0. The zero-order valence-electron chi connectivity index (χ0n) is 13.1. The average Bonchev–Trinajstić information content (AvgIpc) is 2.23. The molecule has 0 heterocycles. The molecule has 0 aliphatic heterocycles. The molecular weight excluding hydrogens is 348 g/mol. The Morgan fingerprint density at radius 2 is 1.10 bits per heavy atom. The van der Waals surface area contributed by atoms with Crippen molar-refractivity contribution < 1.29 is 85.3 Å². The normalized spacial score (nSPS) is 9.86. The van der Waals surface area contributed by atoms with Crippen molar-refractivity contribution in [1.29, 1.82) is 0 Å². The number of aliphatic hydroxyl groups excluding tert-OH is 1. The van der Waals surface area contributed by atoms with Crippen molar-refractivity contribution in [1.82, 2.24) is 9.80 Å². The van der Waals surface area contributed by atoms with Gasteiger partial charge in [0.15, 0.2) is 0 Å². The Labute approximate surface area is 158 Å². The third-order valence-corrected chi connectivity index (χ3v) is 2.23. The van der Waals surface area contributed by atoms with Gasteiger partial charge in [-0.1, -0.05) is 0 Å². The maximum atomic E-state index is 10.6. The summed E-state index contributed by atoms with van der Waals surface area (Å²) in [5, 5.41) is 34.7. The smallest absolute Gasteiger partial charge is 1.00 e. The molecule has 0 radical (unpaired) electrons. The van der Waals surface area contributed by atoms with Crippen molar-refractivity contribution in [2.45, 2.75) is 0 Å². The number of aliphatic carboxylic acids is 3. The van der Waals surface area contributed by atoms with Gasteiger partial charge in [-0.3, -0.25) is 24.2 Å². The van der Waals surface area contributed by atoms with Crippen LogP contribution >= 0.6 is 0 Å². The van der Waals surface area contributed by atoms with Crippen LogP contribution in [0, 0.1) is 0 Å². The van der Waals surface area contributed by atoms with Crippen LogP contribution in [0.2, 0.25) is 0 Å². The Bertz CT molecular complexity index is 322. The van der Waals surface area contributed by atoms with Crippen LogP contribution in [-0.2, 0) is 33.9 Å². The predicted octanol–water partition coefficient (Wildman–Crippen LogP) is -5.05. The first-order valence-corrected chi connectivity index (χ1v) is 5.56. The SMILES string of the molecule is O=C(O)CN(CCO)CCN(CC(=O)O)CC(=O)O.[H-].[Na+].[Zn]. The molecular formula is C10H19N2NaO7Zn. The summed E-state index contributed by atoms with van der Waals surface area (Å²) in [5.74, 6) is -3.39. The first kappa shape index (κ1) is 25.8. The molecule has 11 heteroatoms. The molecule has 21 heavy (non-hydrogen) atoms. The quantitative estimate of drug-likeness (QED) is 0.264. The maximum Gasteiger partial charge on any atom is 1.00 e. The molecule has 0 atom stereocenters. The van der Waals surface area contributed by atoms with E-state index in [1.165, 1.54) is 9.80 Å². The van der Waals surface area contributed by atoms with Crippen molar-refractivity contribution in [3.8, 4) is 0 Å². The zero-order chi connectivity index (χ0) is 14.8. The summed E-state index contributed by atoms with van der Waals surface area (Å²) < 4.78 is 0. The molecule has 0 saturated heterocycles. The number of hydrogen-bond donors (Lipinski definition) is 4. The van der Waals surface area contributed by atoms with E-state index in [4.69, 9.17) is 20.4 Å². The number of carbonyl (C=O) groups is 3. The molecule has 114 valence electrons. The summed E-state index contributed by atoms with van der Waals surface area (Å²) in [6.45, 7) is -1.03. The van der Waals surface area contributed by atoms with Crippen molar-refractivity contribution in [3.63, 3.8) is 0 Å². The standard InChI is InChI=1S/C10H18N2O7.Na.Zn.H/c13-4-3-11(5-8(14)15)1-2-12(6-9(16)17)7-10(18)19;;;/h13H,1-7H2,(H,14,15)(H,16,17)(H,18,19);;;/q;+1;;-1. The molecule has 0 bridgehead atoms. The van der Waals surface area contributed by atoms with Gasteiger partial charge in [-0.2, -0.15) is 0 Å². The van der Waals surface area contributed by atoms with Gasteiger partial charge in [-0.25, -0.2) is 0 Å². The van der Waals surface area contributed by atoms with E-state index in [-0.39, 0.29) is 83.2 Å². The molecule has 0 aromatic heterocycles. The van der Waals surface area contributed by atoms with Crippen LogP contribution < -0.4 is 29.6 Å². The van der Waals surface area contributed by atoms with E-state index in [1.807, 2.05) is 0 Å². The molecule has 0 aliphatic rings. The van der Waals surface area contributed by atoms with Crippen molar-refractivity contribution >= 4 is 17.9 Å². The molecule has 0 amide bonds. The molecule has 0 spiro atoms. The molecule has 9 nitrogen and oxygen atoms in total. The number of carboxylic acid groups (broad SMARTS) is 3. The third-order valence-electron chi connectivity index (χ3n) is 2.23.